The van der Waals surface area contributed by atoms with E-state index in [2.05, 4.69) is 0 Å². The third-order valence-corrected chi connectivity index (χ3v) is 5.85. The molecule has 1 aromatic heterocycles. The number of halogens is 1. The smallest absolute Gasteiger partial charge is 0.333 e. The molecule has 1 heterocycles. The normalized spacial score (nSPS) is 13.0. The minimum Gasteiger partial charge on any atom is -0.455 e. The van der Waals surface area contributed by atoms with Crippen molar-refractivity contribution in [2.75, 3.05) is 0 Å². The van der Waals surface area contributed by atoms with Gasteiger partial charge in [-0.15, -0.1) is 0 Å². The van der Waals surface area contributed by atoms with E-state index in [0.717, 1.165) is 38.2 Å². The predicted octanol–water partition coefficient (Wildman–Crippen LogP) is 5.20. The van der Waals surface area contributed by atoms with Crippen molar-refractivity contribution in [3.05, 3.63) is 53.6 Å². The zero-order valence-electron chi connectivity index (χ0n) is 15.8. The molecule has 3 nitrogen and oxygen atoms in total. The van der Waals surface area contributed by atoms with Crippen LogP contribution in [-0.2, 0) is 4.65 Å². The van der Waals surface area contributed by atoms with E-state index in [1.807, 2.05) is 62.4 Å². The Kier molecular flexibility index (Phi) is 4.26. The molecule has 0 aliphatic carbocycles. The number of benzene rings is 3. The quantitative estimate of drug-likeness (QED) is 0.495. The van der Waals surface area contributed by atoms with Gasteiger partial charge in [-0.25, -0.2) is 0 Å². The lowest BCUT2D eigenvalue weighted by Gasteiger charge is -2.37. The second-order valence-electron chi connectivity index (χ2n) is 7.88. The van der Waals surface area contributed by atoms with Gasteiger partial charge in [0.2, 0.25) is 0 Å². The Labute approximate surface area is 164 Å². The zero-order valence-corrected chi connectivity index (χ0v) is 16.6. The number of rotatable bonds is 4. The minimum absolute atomic E-state index is 0.584. The summed E-state index contributed by atoms with van der Waals surface area (Å²) in [5.74, 6) is 0. The van der Waals surface area contributed by atoms with Gasteiger partial charge < -0.3 is 14.2 Å². The molecule has 137 valence electrons. The summed E-state index contributed by atoms with van der Waals surface area (Å²) >= 11 is 6.85. The average molecular weight is 380 g/mol. The lowest BCUT2D eigenvalue weighted by molar-refractivity contribution is -0.0893. The van der Waals surface area contributed by atoms with E-state index < -0.39 is 11.2 Å². The summed E-state index contributed by atoms with van der Waals surface area (Å²) in [6.45, 7) is 7.16. The van der Waals surface area contributed by atoms with Crippen LogP contribution < -0.4 is 5.46 Å². The van der Waals surface area contributed by atoms with E-state index in [1.165, 1.54) is 0 Å². The summed E-state index contributed by atoms with van der Waals surface area (Å²) in [4.78, 5) is 0. The highest BCUT2D eigenvalue weighted by atomic mass is 35.5. The summed E-state index contributed by atoms with van der Waals surface area (Å²) in [5.41, 5.74) is 0.553. The van der Waals surface area contributed by atoms with Gasteiger partial charge in [-0.2, -0.15) is 0 Å². The molecule has 3 aromatic carbocycles. The van der Waals surface area contributed by atoms with Crippen molar-refractivity contribution in [3.8, 4) is 0 Å². The molecule has 0 aliphatic rings. The van der Waals surface area contributed by atoms with E-state index >= 15 is 0 Å². The average Bonchev–Trinajstić information content (AvgIpc) is 3.00. The van der Waals surface area contributed by atoms with Gasteiger partial charge in [-0.05, 0) is 44.6 Å². The van der Waals surface area contributed by atoms with E-state index in [-0.39, 0.29) is 0 Å². The van der Waals surface area contributed by atoms with Crippen molar-refractivity contribution >= 4 is 57.3 Å². The molecule has 0 bridgehead atoms. The maximum Gasteiger partial charge on any atom is 0.333 e. The molecule has 5 heteroatoms. The SMILES string of the molecule is CC(C)(O)C(C)(C)O[B]c1c(Cl)c2c3ccccc3oc2c2ccccc12. The summed E-state index contributed by atoms with van der Waals surface area (Å²) in [6.07, 6.45) is 0. The molecule has 27 heavy (non-hydrogen) atoms. The molecule has 0 saturated carbocycles. The number of para-hydroxylation sites is 1. The fraction of sp³-hybridized carbons (Fsp3) is 0.273. The highest BCUT2D eigenvalue weighted by molar-refractivity contribution is 6.60. The molecule has 1 N–H and O–H groups in total. The fourth-order valence-corrected chi connectivity index (χ4v) is 3.42. The van der Waals surface area contributed by atoms with Crippen molar-refractivity contribution in [3.63, 3.8) is 0 Å². The first kappa shape index (κ1) is 18.4. The third-order valence-electron chi connectivity index (χ3n) is 5.46. The van der Waals surface area contributed by atoms with Crippen LogP contribution in [0, 0.1) is 0 Å². The number of furan rings is 1. The van der Waals surface area contributed by atoms with Crippen LogP contribution in [0.3, 0.4) is 0 Å². The monoisotopic (exact) mass is 379 g/mol. The van der Waals surface area contributed by atoms with Gasteiger partial charge in [0.05, 0.1) is 11.2 Å². The van der Waals surface area contributed by atoms with Gasteiger partial charge in [0.15, 0.2) is 0 Å². The molecule has 0 fully saturated rings. The van der Waals surface area contributed by atoms with Crippen molar-refractivity contribution in [1.82, 2.24) is 0 Å². The number of hydrogen-bond acceptors (Lipinski definition) is 3. The van der Waals surface area contributed by atoms with Crippen LogP contribution >= 0.6 is 11.6 Å². The number of hydrogen-bond donors (Lipinski definition) is 1. The van der Waals surface area contributed by atoms with E-state index in [4.69, 9.17) is 20.7 Å². The Morgan fingerprint density at radius 1 is 0.926 bits per heavy atom. The summed E-state index contributed by atoms with van der Waals surface area (Å²) < 4.78 is 12.1. The van der Waals surface area contributed by atoms with E-state index in [1.54, 1.807) is 21.3 Å². The Morgan fingerprint density at radius 2 is 1.52 bits per heavy atom. The Balaban J connectivity index is 1.96. The van der Waals surface area contributed by atoms with Crippen molar-refractivity contribution in [2.24, 2.45) is 0 Å². The molecule has 0 atom stereocenters. The molecule has 1 radical (unpaired) electrons. The van der Waals surface area contributed by atoms with Crippen LogP contribution in [0.1, 0.15) is 27.7 Å². The fourth-order valence-electron chi connectivity index (χ4n) is 3.09. The molecule has 4 rings (SSSR count). The van der Waals surface area contributed by atoms with Crippen LogP contribution in [0.2, 0.25) is 5.02 Å². The predicted molar refractivity (Wildman–Crippen MR) is 113 cm³/mol. The Morgan fingerprint density at radius 3 is 2.19 bits per heavy atom. The minimum atomic E-state index is -1.02. The maximum atomic E-state index is 10.4. The highest BCUT2D eigenvalue weighted by Gasteiger charge is 2.36. The lowest BCUT2D eigenvalue weighted by atomic mass is 9.79. The van der Waals surface area contributed by atoms with Gasteiger partial charge in [0.1, 0.15) is 11.2 Å². The molecule has 0 saturated heterocycles. The van der Waals surface area contributed by atoms with Crippen molar-refractivity contribution < 1.29 is 14.2 Å². The molecule has 0 aliphatic heterocycles. The Hall–Kier alpha value is -2.01. The standard InChI is InChI=1S/C22H21BClO3/c1-21(2,25)22(3,4)27-23-18-13-9-5-6-10-14(13)20-17(19(18)24)15-11-7-8-12-16(15)26-20/h5-12,25H,1-4H3. The molecule has 0 amide bonds. The van der Waals surface area contributed by atoms with E-state index in [0.29, 0.717) is 5.02 Å². The van der Waals surface area contributed by atoms with Gasteiger partial charge in [-0.1, -0.05) is 54.1 Å². The van der Waals surface area contributed by atoms with Gasteiger partial charge in [0, 0.05) is 21.2 Å². The van der Waals surface area contributed by atoms with Gasteiger partial charge in [-0.3, -0.25) is 0 Å². The number of aliphatic hydroxyl groups is 1. The summed E-state index contributed by atoms with van der Waals surface area (Å²) in [6, 6.07) is 15.8. The summed E-state index contributed by atoms with van der Waals surface area (Å²) in [5, 5.41) is 14.7. The third kappa shape index (κ3) is 2.93. The van der Waals surface area contributed by atoms with Gasteiger partial charge >= 0.3 is 7.48 Å². The maximum absolute atomic E-state index is 10.4. The Bertz CT molecular complexity index is 1160. The lowest BCUT2D eigenvalue weighted by Crippen LogP contribution is -2.49. The molecular weight excluding hydrogens is 359 g/mol. The molecular formula is C22H21BClO3. The first-order valence-electron chi connectivity index (χ1n) is 8.95. The van der Waals surface area contributed by atoms with Crippen LogP contribution in [0.15, 0.2) is 52.9 Å². The zero-order chi connectivity index (χ0) is 19.4. The second-order valence-corrected chi connectivity index (χ2v) is 8.26. The highest BCUT2D eigenvalue weighted by Crippen LogP contribution is 2.38. The van der Waals surface area contributed by atoms with Gasteiger partial charge in [0.25, 0.3) is 0 Å². The second kappa shape index (κ2) is 6.27. The molecule has 0 spiro atoms. The largest absolute Gasteiger partial charge is 0.455 e. The van der Waals surface area contributed by atoms with Crippen molar-refractivity contribution in [1.29, 1.82) is 0 Å². The van der Waals surface area contributed by atoms with Crippen LogP contribution in [0.5, 0.6) is 0 Å². The number of fused-ring (bicyclic) bond motifs is 5. The van der Waals surface area contributed by atoms with Crippen LogP contribution in [-0.4, -0.2) is 23.8 Å². The first-order valence-corrected chi connectivity index (χ1v) is 9.33. The van der Waals surface area contributed by atoms with Crippen LogP contribution in [0.25, 0.3) is 32.7 Å². The van der Waals surface area contributed by atoms with Crippen LogP contribution in [0.4, 0.5) is 0 Å². The topological polar surface area (TPSA) is 42.6 Å². The first-order chi connectivity index (χ1) is 12.7. The molecule has 0 unspecified atom stereocenters. The summed E-state index contributed by atoms with van der Waals surface area (Å²) in [7, 11) is 1.66. The van der Waals surface area contributed by atoms with Crippen molar-refractivity contribution in [2.45, 2.75) is 38.9 Å². The van der Waals surface area contributed by atoms with E-state index in [9.17, 15) is 5.11 Å². The molecule has 4 aromatic rings.